The standard InChI is InChI=1S/C20H22ClNO3/c1-3-4-13-25-19-8-6-5-7-17(19)22-20(23)12-10-15-9-11-18(24-2)16(21)14-15/h5-12,14H,3-4,13H2,1-2H3,(H,22,23)/b12-10+. The molecule has 0 aliphatic carbocycles. The summed E-state index contributed by atoms with van der Waals surface area (Å²) in [5, 5.41) is 3.34. The van der Waals surface area contributed by atoms with Gasteiger partial charge < -0.3 is 14.8 Å². The summed E-state index contributed by atoms with van der Waals surface area (Å²) >= 11 is 6.08. The van der Waals surface area contributed by atoms with Gasteiger partial charge in [0.25, 0.3) is 0 Å². The van der Waals surface area contributed by atoms with E-state index >= 15 is 0 Å². The van der Waals surface area contributed by atoms with Gasteiger partial charge in [0, 0.05) is 6.08 Å². The number of rotatable bonds is 8. The molecule has 0 radical (unpaired) electrons. The fourth-order valence-electron chi connectivity index (χ4n) is 2.15. The predicted octanol–water partition coefficient (Wildman–Crippen LogP) is 5.18. The highest BCUT2D eigenvalue weighted by atomic mass is 35.5. The van der Waals surface area contributed by atoms with Crippen LogP contribution in [0.3, 0.4) is 0 Å². The minimum Gasteiger partial charge on any atom is -0.495 e. The summed E-state index contributed by atoms with van der Waals surface area (Å²) in [6, 6.07) is 12.7. The van der Waals surface area contributed by atoms with Crippen LogP contribution in [0.15, 0.2) is 48.5 Å². The van der Waals surface area contributed by atoms with Gasteiger partial charge in [-0.25, -0.2) is 0 Å². The molecule has 0 atom stereocenters. The second kappa shape index (κ2) is 9.74. The maximum absolute atomic E-state index is 12.2. The van der Waals surface area contributed by atoms with Crippen molar-refractivity contribution < 1.29 is 14.3 Å². The number of methoxy groups -OCH3 is 1. The van der Waals surface area contributed by atoms with Crippen molar-refractivity contribution in [3.63, 3.8) is 0 Å². The lowest BCUT2D eigenvalue weighted by Gasteiger charge is -2.11. The van der Waals surface area contributed by atoms with E-state index in [0.717, 1.165) is 18.4 Å². The SMILES string of the molecule is CCCCOc1ccccc1NC(=O)/C=C/c1ccc(OC)c(Cl)c1. The predicted molar refractivity (Wildman–Crippen MR) is 103 cm³/mol. The average molecular weight is 360 g/mol. The minimum atomic E-state index is -0.238. The number of carbonyl (C=O) groups excluding carboxylic acids is 1. The van der Waals surface area contributed by atoms with E-state index in [1.54, 1.807) is 25.3 Å². The quantitative estimate of drug-likeness (QED) is 0.522. The maximum Gasteiger partial charge on any atom is 0.248 e. The molecule has 2 aromatic rings. The van der Waals surface area contributed by atoms with E-state index in [0.29, 0.717) is 28.8 Å². The van der Waals surface area contributed by atoms with Crippen LogP contribution in [-0.2, 0) is 4.79 Å². The molecule has 0 heterocycles. The number of para-hydroxylation sites is 2. The lowest BCUT2D eigenvalue weighted by atomic mass is 10.2. The zero-order valence-corrected chi connectivity index (χ0v) is 15.2. The monoisotopic (exact) mass is 359 g/mol. The molecule has 0 aliphatic heterocycles. The van der Waals surface area contributed by atoms with Gasteiger partial charge >= 0.3 is 0 Å². The Bertz CT molecular complexity index is 743. The number of halogens is 1. The average Bonchev–Trinajstić information content (AvgIpc) is 2.62. The van der Waals surface area contributed by atoms with Gasteiger partial charge in [-0.1, -0.05) is 43.1 Å². The highest BCUT2D eigenvalue weighted by Gasteiger charge is 2.05. The van der Waals surface area contributed by atoms with E-state index in [-0.39, 0.29) is 5.91 Å². The van der Waals surface area contributed by atoms with Gasteiger partial charge in [0.2, 0.25) is 5.91 Å². The summed E-state index contributed by atoms with van der Waals surface area (Å²) in [4.78, 5) is 12.2. The number of hydrogen-bond donors (Lipinski definition) is 1. The molecule has 25 heavy (non-hydrogen) atoms. The fourth-order valence-corrected chi connectivity index (χ4v) is 2.42. The van der Waals surface area contributed by atoms with E-state index in [4.69, 9.17) is 21.1 Å². The van der Waals surface area contributed by atoms with E-state index in [1.807, 2.05) is 30.3 Å². The highest BCUT2D eigenvalue weighted by molar-refractivity contribution is 6.32. The minimum absolute atomic E-state index is 0.238. The van der Waals surface area contributed by atoms with Crippen molar-refractivity contribution >= 4 is 29.3 Å². The fraction of sp³-hybridized carbons (Fsp3) is 0.250. The Morgan fingerprint density at radius 2 is 2.00 bits per heavy atom. The van der Waals surface area contributed by atoms with Crippen LogP contribution in [0.5, 0.6) is 11.5 Å². The molecule has 5 heteroatoms. The molecule has 0 unspecified atom stereocenters. The van der Waals surface area contributed by atoms with Crippen LogP contribution < -0.4 is 14.8 Å². The van der Waals surface area contributed by atoms with Crippen molar-refractivity contribution in [3.8, 4) is 11.5 Å². The Morgan fingerprint density at radius 3 is 2.72 bits per heavy atom. The van der Waals surface area contributed by atoms with Gasteiger partial charge in [-0.3, -0.25) is 4.79 Å². The lowest BCUT2D eigenvalue weighted by Crippen LogP contribution is -2.09. The van der Waals surface area contributed by atoms with Gasteiger partial charge in [-0.15, -0.1) is 0 Å². The number of benzene rings is 2. The second-order valence-electron chi connectivity index (χ2n) is 5.41. The van der Waals surface area contributed by atoms with Crippen molar-refractivity contribution in [2.75, 3.05) is 19.0 Å². The van der Waals surface area contributed by atoms with E-state index in [1.165, 1.54) is 6.08 Å². The summed E-state index contributed by atoms with van der Waals surface area (Å²) in [6.07, 6.45) is 5.18. The molecule has 1 N–H and O–H groups in total. The number of ether oxygens (including phenoxy) is 2. The van der Waals surface area contributed by atoms with Crippen molar-refractivity contribution in [2.45, 2.75) is 19.8 Å². The van der Waals surface area contributed by atoms with E-state index in [9.17, 15) is 4.79 Å². The zero-order valence-electron chi connectivity index (χ0n) is 14.4. The molecule has 0 saturated heterocycles. The first-order chi connectivity index (χ1) is 12.1. The largest absolute Gasteiger partial charge is 0.495 e. The third-order valence-electron chi connectivity index (χ3n) is 3.50. The molecule has 4 nitrogen and oxygen atoms in total. The Kier molecular flexibility index (Phi) is 7.36. The Balaban J connectivity index is 2.01. The van der Waals surface area contributed by atoms with Gasteiger partial charge in [0.1, 0.15) is 11.5 Å². The normalized spacial score (nSPS) is 10.7. The number of carbonyl (C=O) groups is 1. The number of nitrogens with one attached hydrogen (secondary N) is 1. The molecule has 0 aliphatic rings. The Hall–Kier alpha value is -2.46. The zero-order chi connectivity index (χ0) is 18.1. The Labute approximate surface area is 153 Å². The van der Waals surface area contributed by atoms with Crippen molar-refractivity contribution in [2.24, 2.45) is 0 Å². The molecule has 132 valence electrons. The van der Waals surface area contributed by atoms with Gasteiger partial charge in [0.05, 0.1) is 24.4 Å². The van der Waals surface area contributed by atoms with E-state index < -0.39 is 0 Å². The molecule has 0 aromatic heterocycles. The summed E-state index contributed by atoms with van der Waals surface area (Å²) in [5.74, 6) is 1.03. The third-order valence-corrected chi connectivity index (χ3v) is 3.80. The van der Waals surface area contributed by atoms with Gasteiger partial charge in [-0.05, 0) is 42.3 Å². The smallest absolute Gasteiger partial charge is 0.248 e. The summed E-state index contributed by atoms with van der Waals surface area (Å²) < 4.78 is 10.8. The first-order valence-corrected chi connectivity index (χ1v) is 8.56. The molecular weight excluding hydrogens is 338 g/mol. The van der Waals surface area contributed by atoms with Crippen molar-refractivity contribution in [3.05, 3.63) is 59.1 Å². The van der Waals surface area contributed by atoms with Gasteiger partial charge in [0.15, 0.2) is 0 Å². The maximum atomic E-state index is 12.2. The molecule has 0 fully saturated rings. The van der Waals surface area contributed by atoms with Crippen LogP contribution in [0.1, 0.15) is 25.3 Å². The van der Waals surface area contributed by atoms with Crippen LogP contribution in [0.25, 0.3) is 6.08 Å². The first kappa shape index (κ1) is 18.9. The van der Waals surface area contributed by atoms with E-state index in [2.05, 4.69) is 12.2 Å². The topological polar surface area (TPSA) is 47.6 Å². The molecule has 0 spiro atoms. The second-order valence-corrected chi connectivity index (χ2v) is 5.82. The molecule has 0 saturated carbocycles. The van der Waals surface area contributed by atoms with Crippen LogP contribution >= 0.6 is 11.6 Å². The number of anilines is 1. The molecule has 0 bridgehead atoms. The molecular formula is C20H22ClNO3. The number of hydrogen-bond acceptors (Lipinski definition) is 3. The van der Waals surface area contributed by atoms with Crippen LogP contribution in [0, 0.1) is 0 Å². The summed E-state index contributed by atoms with van der Waals surface area (Å²) in [7, 11) is 1.56. The third kappa shape index (κ3) is 5.84. The van der Waals surface area contributed by atoms with Crippen molar-refractivity contribution in [1.82, 2.24) is 0 Å². The number of unbranched alkanes of at least 4 members (excludes halogenated alkanes) is 1. The van der Waals surface area contributed by atoms with Crippen molar-refractivity contribution in [1.29, 1.82) is 0 Å². The lowest BCUT2D eigenvalue weighted by molar-refractivity contribution is -0.111. The first-order valence-electron chi connectivity index (χ1n) is 8.18. The van der Waals surface area contributed by atoms with Crippen LogP contribution in [0.2, 0.25) is 5.02 Å². The molecule has 2 rings (SSSR count). The summed E-state index contributed by atoms with van der Waals surface area (Å²) in [6.45, 7) is 2.73. The number of amides is 1. The van der Waals surface area contributed by atoms with Crippen LogP contribution in [0.4, 0.5) is 5.69 Å². The Morgan fingerprint density at radius 1 is 1.20 bits per heavy atom. The van der Waals surface area contributed by atoms with Gasteiger partial charge in [-0.2, -0.15) is 0 Å². The summed E-state index contributed by atoms with van der Waals surface area (Å²) in [5.41, 5.74) is 1.47. The molecule has 1 amide bonds. The highest BCUT2D eigenvalue weighted by Crippen LogP contribution is 2.26. The molecule has 2 aromatic carbocycles. The van der Waals surface area contributed by atoms with Crippen LogP contribution in [-0.4, -0.2) is 19.6 Å².